The van der Waals surface area contributed by atoms with Gasteiger partial charge in [0, 0.05) is 6.20 Å². The number of hydrogen-bond donors (Lipinski definition) is 0. The molecule has 0 unspecified atom stereocenters. The Morgan fingerprint density at radius 1 is 0.411 bits per heavy atom. The first-order chi connectivity index (χ1) is 35.6. The predicted molar refractivity (Wildman–Crippen MR) is 298 cm³/mol. The van der Waals surface area contributed by atoms with Crippen LogP contribution >= 0.6 is 0 Å². The zero-order valence-electron chi connectivity index (χ0n) is 41.2. The fourth-order valence-electron chi connectivity index (χ4n) is 10.8. The van der Waals surface area contributed by atoms with Crippen LogP contribution in [0.4, 0.5) is 0 Å². The summed E-state index contributed by atoms with van der Waals surface area (Å²) in [6.07, 6.45) is 1.92. The third kappa shape index (κ3) is 7.59. The Morgan fingerprint density at radius 2 is 0.918 bits per heavy atom. The van der Waals surface area contributed by atoms with Crippen molar-refractivity contribution in [3.8, 4) is 56.6 Å². The van der Waals surface area contributed by atoms with Crippen LogP contribution in [0.2, 0.25) is 0 Å². The van der Waals surface area contributed by atoms with Gasteiger partial charge in [0.15, 0.2) is 0 Å². The number of hydrogen-bond acceptors (Lipinski definition) is 2. The molecule has 6 nitrogen and oxygen atoms in total. The molecule has 0 aliphatic rings. The molecule has 356 valence electrons. The molecule has 13 rings (SSSR count). The van der Waals surface area contributed by atoms with E-state index in [-0.39, 0.29) is 5.41 Å². The number of ether oxygens (including phenoxy) is 1. The van der Waals surface area contributed by atoms with Gasteiger partial charge in [-0.25, -0.2) is 0 Å². The minimum atomic E-state index is -0.0241. The van der Waals surface area contributed by atoms with Gasteiger partial charge >= 0.3 is 382 Å². The zero-order valence-corrected chi connectivity index (χ0v) is 43.5. The molecular formula is C66H51N5OPt. The molecule has 0 radical (unpaired) electrons. The van der Waals surface area contributed by atoms with E-state index in [0.29, 0.717) is 0 Å². The Balaban J connectivity index is 0.997. The third-order valence-corrected chi connectivity index (χ3v) is 15.4. The van der Waals surface area contributed by atoms with Gasteiger partial charge in [0.2, 0.25) is 0 Å². The van der Waals surface area contributed by atoms with Crippen LogP contribution in [-0.2, 0) is 24.8 Å². The van der Waals surface area contributed by atoms with Gasteiger partial charge in [0.25, 0.3) is 0 Å². The van der Waals surface area contributed by atoms with Gasteiger partial charge in [-0.2, -0.15) is 0 Å². The van der Waals surface area contributed by atoms with E-state index in [1.807, 2.05) is 12.3 Å². The molecule has 4 heterocycles. The second kappa shape index (κ2) is 17.5. The summed E-state index contributed by atoms with van der Waals surface area (Å²) in [6, 6.07) is 76.8. The Labute approximate surface area is 435 Å². The van der Waals surface area contributed by atoms with Crippen molar-refractivity contribution in [3.05, 3.63) is 239 Å². The number of benzene rings is 9. The van der Waals surface area contributed by atoms with Gasteiger partial charge in [-0.15, -0.1) is 0 Å². The first-order valence-corrected chi connectivity index (χ1v) is 26.0. The van der Waals surface area contributed by atoms with Crippen LogP contribution in [0.25, 0.3) is 99.8 Å². The van der Waals surface area contributed by atoms with Crippen LogP contribution < -0.4 is 4.74 Å². The van der Waals surface area contributed by atoms with E-state index in [2.05, 4.69) is 278 Å². The van der Waals surface area contributed by atoms with Crippen LogP contribution in [0.15, 0.2) is 219 Å². The van der Waals surface area contributed by atoms with Gasteiger partial charge in [-0.05, 0) is 17.0 Å². The third-order valence-electron chi connectivity index (χ3n) is 14.4. The van der Waals surface area contributed by atoms with E-state index >= 15 is 0 Å². The molecule has 0 fully saturated rings. The van der Waals surface area contributed by atoms with Crippen molar-refractivity contribution >= 4 is 54.6 Å². The molecule has 0 amide bonds. The minimum absolute atomic E-state index is 0.0241. The zero-order chi connectivity index (χ0) is 49.5. The molecule has 9 aromatic carbocycles. The summed E-state index contributed by atoms with van der Waals surface area (Å²) < 4.78 is 17.4. The molecule has 0 aliphatic carbocycles. The molecule has 0 aliphatic heterocycles. The van der Waals surface area contributed by atoms with Crippen LogP contribution in [0.5, 0.6) is 11.5 Å². The fraction of sp³-hybridized carbons (Fsp3) is 0.0909. The SMILES string of the molecule is Cc1ccc(-c2cc(-n3c4ccccc4c4ccccc43)cc(-c3ccc(C)cc3)c2-n2[c](=[Pt])n(-c3cccc(Oc4ccc5c6ccccc6n(-c6cc(C(C)(C)C)ccn6)c5c4)c3)c3ccccc32)cc1. The first-order valence-electron chi connectivity index (χ1n) is 24.8. The maximum atomic E-state index is 6.88. The van der Waals surface area contributed by atoms with Gasteiger partial charge < -0.3 is 0 Å². The van der Waals surface area contributed by atoms with E-state index < -0.39 is 0 Å². The van der Waals surface area contributed by atoms with E-state index in [9.17, 15) is 0 Å². The molecule has 0 bridgehead atoms. The fourth-order valence-corrected chi connectivity index (χ4v) is 11.9. The quantitative estimate of drug-likeness (QED) is 0.152. The molecule has 0 saturated heterocycles. The van der Waals surface area contributed by atoms with Crippen LogP contribution in [0.3, 0.4) is 0 Å². The molecule has 0 N–H and O–H groups in total. The van der Waals surface area contributed by atoms with Crippen molar-refractivity contribution < 1.29 is 24.1 Å². The Kier molecular flexibility index (Phi) is 10.7. The van der Waals surface area contributed by atoms with Gasteiger partial charge in [-0.3, -0.25) is 0 Å². The van der Waals surface area contributed by atoms with Crippen molar-refractivity contribution in [1.29, 1.82) is 0 Å². The standard InChI is InChI=1S/C66H51N5O.Pt/c1-43-25-29-45(30-26-43)56-39-49(70-58-20-9-6-17-52(58)53-18-7-10-21-59(53)70)40-57(46-31-27-44(2)28-32-46)65(56)69-42-68(61-23-12-13-24-62(61)69)48-15-14-16-50(38-48)72-51-33-34-55-54-19-8-11-22-60(54)71(63(55)41-51)64-37-47(35-36-67-64)66(3,4)5;/h6-41H,1-5H3;. The van der Waals surface area contributed by atoms with Crippen LogP contribution in [-0.4, -0.2) is 23.3 Å². The number of rotatable bonds is 8. The molecule has 73 heavy (non-hydrogen) atoms. The monoisotopic (exact) mass is 1120 g/mol. The normalized spacial score (nSPS) is 12.0. The van der Waals surface area contributed by atoms with E-state index in [0.717, 1.165) is 87.9 Å². The molecule has 0 spiro atoms. The summed E-state index contributed by atoms with van der Waals surface area (Å²) in [5, 5.41) is 4.79. The maximum absolute atomic E-state index is 6.88. The summed E-state index contributed by atoms with van der Waals surface area (Å²) in [5.74, 6) is 2.37. The summed E-state index contributed by atoms with van der Waals surface area (Å²) in [5.41, 5.74) is 18.0. The number of pyridine rings is 1. The van der Waals surface area contributed by atoms with Crippen molar-refractivity contribution in [2.24, 2.45) is 0 Å². The number of aryl methyl sites for hydroxylation is 2. The second-order valence-corrected chi connectivity index (χ2v) is 21.2. The van der Waals surface area contributed by atoms with Gasteiger partial charge in [0.05, 0.1) is 0 Å². The average molecular weight is 1130 g/mol. The van der Waals surface area contributed by atoms with Crippen LogP contribution in [0, 0.1) is 17.7 Å². The Morgan fingerprint density at radius 3 is 1.49 bits per heavy atom. The average Bonchev–Trinajstić information content (AvgIpc) is 4.03. The van der Waals surface area contributed by atoms with Crippen molar-refractivity contribution in [2.45, 2.75) is 40.0 Å². The van der Waals surface area contributed by atoms with E-state index in [1.54, 1.807) is 0 Å². The van der Waals surface area contributed by atoms with E-state index in [4.69, 9.17) is 9.72 Å². The first kappa shape index (κ1) is 44.6. The summed E-state index contributed by atoms with van der Waals surface area (Å²) in [6.45, 7) is 11.0. The Hall–Kier alpha value is -8.31. The van der Waals surface area contributed by atoms with Crippen molar-refractivity contribution in [2.75, 3.05) is 0 Å². The summed E-state index contributed by atoms with van der Waals surface area (Å²) in [4.78, 5) is 4.92. The number of imidazole rings is 1. The number of para-hydroxylation sites is 5. The molecule has 7 heteroatoms. The predicted octanol–water partition coefficient (Wildman–Crippen LogP) is 17.1. The topological polar surface area (TPSA) is 41.8 Å². The summed E-state index contributed by atoms with van der Waals surface area (Å²) >= 11 is 2.54. The Bertz CT molecular complexity index is 4250. The van der Waals surface area contributed by atoms with Gasteiger partial charge in [-0.1, -0.05) is 32.9 Å². The molecule has 4 aromatic heterocycles. The van der Waals surface area contributed by atoms with Crippen molar-refractivity contribution in [1.82, 2.24) is 23.3 Å². The second-order valence-electron chi connectivity index (χ2n) is 20.2. The van der Waals surface area contributed by atoms with Crippen molar-refractivity contribution in [3.63, 3.8) is 0 Å². The molecule has 0 atom stereocenters. The van der Waals surface area contributed by atoms with Crippen LogP contribution in [0.1, 0.15) is 37.5 Å². The molecule has 0 saturated carbocycles. The molecular weight excluding hydrogens is 1070 g/mol. The van der Waals surface area contributed by atoms with E-state index in [1.165, 1.54) is 43.9 Å². The van der Waals surface area contributed by atoms with Gasteiger partial charge in [0.1, 0.15) is 0 Å². The molecule has 13 aromatic rings. The number of aromatic nitrogens is 5. The number of nitrogens with zero attached hydrogens (tertiary/aromatic N) is 5. The summed E-state index contributed by atoms with van der Waals surface area (Å²) in [7, 11) is 0. The number of fused-ring (bicyclic) bond motifs is 7.